The molecule has 1 aromatic carbocycles. The second kappa shape index (κ2) is 7.08. The third kappa shape index (κ3) is 3.72. The fourth-order valence-corrected chi connectivity index (χ4v) is 3.31. The maximum absolute atomic E-state index is 11.8. The molecule has 0 atom stereocenters. The first-order valence-corrected chi connectivity index (χ1v) is 9.20. The van der Waals surface area contributed by atoms with Crippen LogP contribution in [-0.4, -0.2) is 26.8 Å². The number of thiophene rings is 1. The van der Waals surface area contributed by atoms with Gasteiger partial charge in [-0.2, -0.15) is 16.3 Å². The average Bonchev–Trinajstić information content (AvgIpc) is 3.37. The summed E-state index contributed by atoms with van der Waals surface area (Å²) in [4.78, 5) is 20.3. The highest BCUT2D eigenvalue weighted by atomic mass is 32.2. The number of thioether (sulfide) groups is 1. The normalized spacial score (nSPS) is 11.0. The van der Waals surface area contributed by atoms with E-state index < -0.39 is 5.97 Å². The Morgan fingerprint density at radius 2 is 2.16 bits per heavy atom. The molecular formula is C16H11N3O4S2. The number of hydrogen-bond acceptors (Lipinski definition) is 9. The molecule has 0 amide bonds. The molecule has 0 N–H and O–H groups in total. The molecule has 0 aliphatic carbocycles. The van der Waals surface area contributed by atoms with Gasteiger partial charge in [-0.3, -0.25) is 4.79 Å². The SMILES string of the molecule is O=C(CSc1nc2ccccc2o1)OCc1nc(-c2ccsc2)no1. The van der Waals surface area contributed by atoms with Gasteiger partial charge in [0.25, 0.3) is 11.1 Å². The zero-order chi connectivity index (χ0) is 17.1. The number of oxazole rings is 1. The Bertz CT molecular complexity index is 961. The van der Waals surface area contributed by atoms with Crippen LogP contribution in [0.5, 0.6) is 0 Å². The smallest absolute Gasteiger partial charge is 0.316 e. The number of para-hydroxylation sites is 2. The van der Waals surface area contributed by atoms with Crippen LogP contribution in [0.3, 0.4) is 0 Å². The van der Waals surface area contributed by atoms with Gasteiger partial charge in [0.05, 0.1) is 0 Å². The molecule has 0 aliphatic heterocycles. The molecule has 0 radical (unpaired) electrons. The second-order valence-corrected chi connectivity index (χ2v) is 6.63. The highest BCUT2D eigenvalue weighted by Crippen LogP contribution is 2.23. The Hall–Kier alpha value is -2.65. The van der Waals surface area contributed by atoms with Gasteiger partial charge in [0, 0.05) is 10.9 Å². The van der Waals surface area contributed by atoms with Gasteiger partial charge in [-0.1, -0.05) is 29.1 Å². The van der Waals surface area contributed by atoms with E-state index in [1.807, 2.05) is 41.1 Å². The zero-order valence-electron chi connectivity index (χ0n) is 12.7. The minimum Gasteiger partial charge on any atom is -0.455 e. The first-order chi connectivity index (χ1) is 12.3. The number of aromatic nitrogens is 3. The molecule has 0 aliphatic rings. The van der Waals surface area contributed by atoms with Gasteiger partial charge < -0.3 is 13.7 Å². The average molecular weight is 373 g/mol. The molecule has 3 heterocycles. The molecule has 3 aromatic heterocycles. The number of nitrogens with zero attached hydrogens (tertiary/aromatic N) is 3. The van der Waals surface area contributed by atoms with Gasteiger partial charge in [0.2, 0.25) is 5.82 Å². The molecule has 0 bridgehead atoms. The number of carbonyl (C=O) groups is 1. The summed E-state index contributed by atoms with van der Waals surface area (Å²) < 4.78 is 15.7. The molecule has 4 rings (SSSR count). The van der Waals surface area contributed by atoms with E-state index >= 15 is 0 Å². The number of esters is 1. The van der Waals surface area contributed by atoms with Crippen LogP contribution in [-0.2, 0) is 16.1 Å². The van der Waals surface area contributed by atoms with Crippen molar-refractivity contribution in [1.29, 1.82) is 0 Å². The molecule has 7 nitrogen and oxygen atoms in total. The number of carbonyl (C=O) groups excluding carboxylic acids is 1. The van der Waals surface area contributed by atoms with Gasteiger partial charge in [-0.25, -0.2) is 4.98 Å². The van der Waals surface area contributed by atoms with E-state index in [4.69, 9.17) is 13.7 Å². The number of rotatable bonds is 6. The Kier molecular flexibility index (Phi) is 4.49. The third-order valence-corrected chi connectivity index (χ3v) is 4.68. The van der Waals surface area contributed by atoms with Gasteiger partial charge in [0.15, 0.2) is 12.2 Å². The van der Waals surface area contributed by atoms with Crippen LogP contribution < -0.4 is 0 Å². The van der Waals surface area contributed by atoms with Crippen LogP contribution in [0.4, 0.5) is 0 Å². The van der Waals surface area contributed by atoms with Crippen LogP contribution in [0.2, 0.25) is 0 Å². The molecule has 126 valence electrons. The van der Waals surface area contributed by atoms with Crippen molar-refractivity contribution in [2.24, 2.45) is 0 Å². The van der Waals surface area contributed by atoms with E-state index in [-0.39, 0.29) is 18.3 Å². The fourth-order valence-electron chi connectivity index (χ4n) is 2.04. The van der Waals surface area contributed by atoms with Crippen LogP contribution in [0.15, 0.2) is 55.3 Å². The van der Waals surface area contributed by atoms with Crippen molar-refractivity contribution in [2.45, 2.75) is 11.8 Å². The molecule has 25 heavy (non-hydrogen) atoms. The summed E-state index contributed by atoms with van der Waals surface area (Å²) in [6, 6.07) is 9.31. The Morgan fingerprint density at radius 1 is 1.24 bits per heavy atom. The Labute approximate surface area is 150 Å². The quantitative estimate of drug-likeness (QED) is 0.372. The first-order valence-electron chi connectivity index (χ1n) is 7.27. The summed E-state index contributed by atoms with van der Waals surface area (Å²) in [5, 5.41) is 8.12. The monoisotopic (exact) mass is 373 g/mol. The first kappa shape index (κ1) is 15.9. The lowest BCUT2D eigenvalue weighted by Gasteiger charge is -1.99. The van der Waals surface area contributed by atoms with E-state index in [1.54, 1.807) is 11.3 Å². The summed E-state index contributed by atoms with van der Waals surface area (Å²) in [6.45, 7) is -0.0654. The van der Waals surface area contributed by atoms with Crippen LogP contribution >= 0.6 is 23.1 Å². The molecular weight excluding hydrogens is 362 g/mol. The lowest BCUT2D eigenvalue weighted by atomic mass is 10.3. The van der Waals surface area contributed by atoms with E-state index in [1.165, 1.54) is 11.8 Å². The Balaban J connectivity index is 1.29. The largest absolute Gasteiger partial charge is 0.455 e. The number of hydrogen-bond donors (Lipinski definition) is 0. The molecule has 0 spiro atoms. The summed E-state index contributed by atoms with van der Waals surface area (Å²) >= 11 is 2.72. The predicted octanol–water partition coefficient (Wildman–Crippen LogP) is 3.77. The van der Waals surface area contributed by atoms with Gasteiger partial charge >= 0.3 is 5.97 Å². The number of ether oxygens (including phenoxy) is 1. The maximum Gasteiger partial charge on any atom is 0.316 e. The molecule has 0 saturated carbocycles. The third-order valence-electron chi connectivity index (χ3n) is 3.19. The van der Waals surface area contributed by atoms with Crippen molar-refractivity contribution in [1.82, 2.24) is 15.1 Å². The summed E-state index contributed by atoms with van der Waals surface area (Å²) in [5.74, 6) is 0.398. The van der Waals surface area contributed by atoms with Crippen molar-refractivity contribution in [3.8, 4) is 11.4 Å². The van der Waals surface area contributed by atoms with Crippen molar-refractivity contribution in [2.75, 3.05) is 5.75 Å². The predicted molar refractivity (Wildman–Crippen MR) is 92.1 cm³/mol. The van der Waals surface area contributed by atoms with Gasteiger partial charge in [-0.15, -0.1) is 0 Å². The summed E-state index contributed by atoms with van der Waals surface area (Å²) in [7, 11) is 0. The van der Waals surface area contributed by atoms with Crippen LogP contribution in [0.25, 0.3) is 22.5 Å². The van der Waals surface area contributed by atoms with E-state index in [2.05, 4.69) is 15.1 Å². The highest BCUT2D eigenvalue weighted by Gasteiger charge is 2.13. The zero-order valence-corrected chi connectivity index (χ0v) is 14.4. The summed E-state index contributed by atoms with van der Waals surface area (Å²) in [6.07, 6.45) is 0. The van der Waals surface area contributed by atoms with Crippen molar-refractivity contribution >= 4 is 40.2 Å². The molecule has 4 aromatic rings. The van der Waals surface area contributed by atoms with Crippen LogP contribution in [0.1, 0.15) is 5.89 Å². The van der Waals surface area contributed by atoms with Gasteiger partial charge in [0.1, 0.15) is 11.3 Å². The van der Waals surface area contributed by atoms with E-state index in [0.717, 1.165) is 11.1 Å². The fraction of sp³-hybridized carbons (Fsp3) is 0.125. The minimum absolute atomic E-state index is 0.0654. The molecule has 0 fully saturated rings. The lowest BCUT2D eigenvalue weighted by Crippen LogP contribution is -2.07. The van der Waals surface area contributed by atoms with Crippen molar-refractivity contribution < 1.29 is 18.5 Å². The molecule has 9 heteroatoms. The standard InChI is InChI=1S/C16H11N3O4S2/c20-14(9-25-16-17-11-3-1-2-4-12(11)22-16)21-7-13-18-15(19-23-13)10-5-6-24-8-10/h1-6,8H,7,9H2. The van der Waals surface area contributed by atoms with E-state index in [0.29, 0.717) is 16.6 Å². The minimum atomic E-state index is -0.414. The summed E-state index contributed by atoms with van der Waals surface area (Å²) in [5.41, 5.74) is 2.31. The Morgan fingerprint density at radius 3 is 3.00 bits per heavy atom. The second-order valence-electron chi connectivity index (χ2n) is 4.92. The van der Waals surface area contributed by atoms with E-state index in [9.17, 15) is 4.79 Å². The molecule has 0 unspecified atom stereocenters. The lowest BCUT2D eigenvalue weighted by molar-refractivity contribution is -0.142. The maximum atomic E-state index is 11.8. The van der Waals surface area contributed by atoms with Crippen molar-refractivity contribution in [3.63, 3.8) is 0 Å². The van der Waals surface area contributed by atoms with Gasteiger partial charge in [-0.05, 0) is 23.6 Å². The van der Waals surface area contributed by atoms with Crippen LogP contribution in [0, 0.1) is 0 Å². The highest BCUT2D eigenvalue weighted by molar-refractivity contribution is 7.99. The number of fused-ring (bicyclic) bond motifs is 1. The van der Waals surface area contributed by atoms with Crippen molar-refractivity contribution in [3.05, 3.63) is 47.0 Å². The molecule has 0 saturated heterocycles. The topological polar surface area (TPSA) is 91.2 Å². The number of benzene rings is 1.